The van der Waals surface area contributed by atoms with Gasteiger partial charge in [-0.3, -0.25) is 4.79 Å². The summed E-state index contributed by atoms with van der Waals surface area (Å²) in [5.41, 5.74) is 1.04. The van der Waals surface area contributed by atoms with Gasteiger partial charge >= 0.3 is 29.6 Å². The molecule has 25 heavy (non-hydrogen) atoms. The zero-order chi connectivity index (χ0) is 17.3. The Hall–Kier alpha value is -1.85. The monoisotopic (exact) mass is 361 g/mol. The van der Waals surface area contributed by atoms with E-state index in [-0.39, 0.29) is 40.7 Å². The Balaban J connectivity index is 0.00000225. The first kappa shape index (κ1) is 19.5. The molecule has 0 fully saturated rings. The number of nitrogens with zero attached hydrogens (tertiary/aromatic N) is 1. The number of rotatable bonds is 3. The number of hydrogen-bond donors (Lipinski definition) is 0. The largest absolute Gasteiger partial charge is 1.00 e. The Morgan fingerprint density at radius 3 is 2.20 bits per heavy atom. The molecule has 0 N–H and O–H groups in total. The number of halogens is 1. The number of aromatic nitrogens is 1. The fourth-order valence-electron chi connectivity index (χ4n) is 2.64. The van der Waals surface area contributed by atoms with Crippen molar-refractivity contribution in [1.82, 2.24) is 4.57 Å². The van der Waals surface area contributed by atoms with Crippen molar-refractivity contribution in [2.24, 2.45) is 0 Å². The minimum atomic E-state index is -1.49. The van der Waals surface area contributed by atoms with Gasteiger partial charge in [0.25, 0.3) is 0 Å². The van der Waals surface area contributed by atoms with E-state index in [0.29, 0.717) is 16.3 Å². The smallest absolute Gasteiger partial charge is 0.545 e. The number of carboxylic acids is 1. The first-order valence-corrected chi connectivity index (χ1v) is 7.66. The van der Waals surface area contributed by atoms with Crippen molar-refractivity contribution in [3.8, 4) is 16.8 Å². The van der Waals surface area contributed by atoms with Crippen LogP contribution in [0.2, 0.25) is 5.02 Å². The minimum absolute atomic E-state index is 0. The summed E-state index contributed by atoms with van der Waals surface area (Å²) in [5, 5.41) is 12.1. The van der Waals surface area contributed by atoms with Crippen molar-refractivity contribution < 1.29 is 39.5 Å². The Kier molecular flexibility index (Phi) is 6.25. The normalized spacial score (nSPS) is 10.2. The maximum Gasteiger partial charge on any atom is 1.00 e. The molecule has 0 saturated carbocycles. The second-order valence-electron chi connectivity index (χ2n) is 5.33. The van der Waals surface area contributed by atoms with Gasteiger partial charge in [0.05, 0.1) is 11.5 Å². The van der Waals surface area contributed by atoms with Crippen LogP contribution in [-0.2, 0) is 0 Å². The van der Waals surface area contributed by atoms with Gasteiger partial charge in [0.15, 0.2) is 5.43 Å². The van der Waals surface area contributed by atoms with Crippen LogP contribution in [0, 0.1) is 6.92 Å². The molecule has 0 bridgehead atoms. The summed E-state index contributed by atoms with van der Waals surface area (Å²) in [4.78, 5) is 24.2. The predicted octanol–water partition coefficient (Wildman–Crippen LogP) is -0.166. The number of carbonyl (C=O) groups excluding carboxylic acids is 1. The number of aromatic carboxylic acids is 1. The third-order valence-corrected chi connectivity index (χ3v) is 4.10. The molecular weight excluding hydrogens is 349 g/mol. The standard InChI is InChI=1S/C19H14ClNO3.Na/c1-12-17(19(23)24)18(22)16(13-7-9-14(20)10-8-13)11-21(12)15-5-3-2-4-6-15;/h2-11H,1H3,(H,23,24);/q;+1/p-1. The number of hydrogen-bond acceptors (Lipinski definition) is 3. The summed E-state index contributed by atoms with van der Waals surface area (Å²) in [5.74, 6) is -1.49. The van der Waals surface area contributed by atoms with Crippen molar-refractivity contribution >= 4 is 17.6 Å². The maximum atomic E-state index is 12.6. The summed E-state index contributed by atoms with van der Waals surface area (Å²) >= 11 is 5.89. The van der Waals surface area contributed by atoms with Crippen LogP contribution in [0.5, 0.6) is 0 Å². The molecule has 120 valence electrons. The molecule has 0 spiro atoms. The van der Waals surface area contributed by atoms with E-state index in [4.69, 9.17) is 11.6 Å². The molecule has 3 aromatic rings. The van der Waals surface area contributed by atoms with Crippen LogP contribution in [0.1, 0.15) is 16.1 Å². The van der Waals surface area contributed by atoms with Crippen molar-refractivity contribution in [3.05, 3.63) is 87.3 Å². The van der Waals surface area contributed by atoms with Gasteiger partial charge in [-0.1, -0.05) is 41.9 Å². The van der Waals surface area contributed by atoms with Crippen molar-refractivity contribution in [3.63, 3.8) is 0 Å². The zero-order valence-electron chi connectivity index (χ0n) is 13.8. The number of benzene rings is 2. The molecule has 0 radical (unpaired) electrons. The van der Waals surface area contributed by atoms with Crippen molar-refractivity contribution in [2.45, 2.75) is 6.92 Å². The molecular formula is C19H13ClNNaO3. The van der Waals surface area contributed by atoms with E-state index in [9.17, 15) is 14.7 Å². The molecule has 0 amide bonds. The molecule has 6 heteroatoms. The van der Waals surface area contributed by atoms with Crippen LogP contribution in [-0.4, -0.2) is 10.5 Å². The van der Waals surface area contributed by atoms with E-state index >= 15 is 0 Å². The number of para-hydroxylation sites is 1. The van der Waals surface area contributed by atoms with Crippen LogP contribution in [0.25, 0.3) is 16.8 Å². The minimum Gasteiger partial charge on any atom is -0.545 e. The topological polar surface area (TPSA) is 62.1 Å². The fraction of sp³-hybridized carbons (Fsp3) is 0.0526. The third-order valence-electron chi connectivity index (χ3n) is 3.85. The Morgan fingerprint density at radius 2 is 1.64 bits per heavy atom. The van der Waals surface area contributed by atoms with Gasteiger partial charge in [0.1, 0.15) is 0 Å². The average molecular weight is 362 g/mol. The van der Waals surface area contributed by atoms with E-state index in [1.165, 1.54) is 0 Å². The first-order chi connectivity index (χ1) is 11.5. The molecule has 0 aliphatic carbocycles. The molecule has 2 aromatic carbocycles. The maximum absolute atomic E-state index is 12.6. The van der Waals surface area contributed by atoms with Gasteiger partial charge in [0, 0.05) is 28.2 Å². The fourth-order valence-corrected chi connectivity index (χ4v) is 2.76. The van der Waals surface area contributed by atoms with Crippen molar-refractivity contribution in [1.29, 1.82) is 0 Å². The van der Waals surface area contributed by atoms with Crippen LogP contribution in [0.4, 0.5) is 0 Å². The first-order valence-electron chi connectivity index (χ1n) is 7.28. The molecule has 4 nitrogen and oxygen atoms in total. The Bertz CT molecular complexity index is 966. The number of carbonyl (C=O) groups is 1. The van der Waals surface area contributed by atoms with Gasteiger partial charge in [-0.05, 0) is 36.8 Å². The van der Waals surface area contributed by atoms with Gasteiger partial charge in [-0.25, -0.2) is 0 Å². The Morgan fingerprint density at radius 1 is 1.04 bits per heavy atom. The van der Waals surface area contributed by atoms with E-state index in [2.05, 4.69) is 0 Å². The number of pyridine rings is 1. The van der Waals surface area contributed by atoms with Gasteiger partial charge in [-0.2, -0.15) is 0 Å². The molecule has 0 saturated heterocycles. The van der Waals surface area contributed by atoms with Crippen molar-refractivity contribution in [2.75, 3.05) is 0 Å². The summed E-state index contributed by atoms with van der Waals surface area (Å²) in [6.07, 6.45) is 1.64. The van der Waals surface area contributed by atoms with E-state index < -0.39 is 11.4 Å². The Labute approximate surface area is 172 Å². The molecule has 0 aliphatic rings. The van der Waals surface area contributed by atoms with Gasteiger partial charge in [-0.15, -0.1) is 0 Å². The molecule has 0 aliphatic heterocycles. The van der Waals surface area contributed by atoms with E-state index in [0.717, 1.165) is 5.69 Å². The SMILES string of the molecule is Cc1c(C(=O)[O-])c(=O)c(-c2ccc(Cl)cc2)cn1-c1ccccc1.[Na+]. The molecule has 3 rings (SSSR count). The summed E-state index contributed by atoms with van der Waals surface area (Å²) in [7, 11) is 0. The average Bonchev–Trinajstić information content (AvgIpc) is 2.57. The van der Waals surface area contributed by atoms with Gasteiger partial charge in [0.2, 0.25) is 0 Å². The predicted molar refractivity (Wildman–Crippen MR) is 91.6 cm³/mol. The van der Waals surface area contributed by atoms with Gasteiger partial charge < -0.3 is 14.5 Å². The summed E-state index contributed by atoms with van der Waals surface area (Å²) < 4.78 is 1.68. The molecule has 1 aromatic heterocycles. The van der Waals surface area contributed by atoms with Crippen LogP contribution in [0.3, 0.4) is 0 Å². The van der Waals surface area contributed by atoms with E-state index in [1.54, 1.807) is 42.0 Å². The second-order valence-corrected chi connectivity index (χ2v) is 5.77. The number of carboxylic acid groups (broad SMARTS) is 1. The molecule has 0 atom stereocenters. The quantitative estimate of drug-likeness (QED) is 0.609. The summed E-state index contributed by atoms with van der Waals surface area (Å²) in [6, 6.07) is 15.9. The second kappa shape index (κ2) is 8.02. The van der Waals surface area contributed by atoms with Crippen LogP contribution >= 0.6 is 11.6 Å². The van der Waals surface area contributed by atoms with Crippen LogP contribution < -0.4 is 40.1 Å². The zero-order valence-corrected chi connectivity index (χ0v) is 16.6. The van der Waals surface area contributed by atoms with Crippen LogP contribution in [0.15, 0.2) is 65.6 Å². The third kappa shape index (κ3) is 3.88. The van der Waals surface area contributed by atoms with E-state index in [1.807, 2.05) is 30.3 Å². The summed E-state index contributed by atoms with van der Waals surface area (Å²) in [6.45, 7) is 1.59. The molecule has 0 unspecified atom stereocenters. The molecule has 1 heterocycles.